The van der Waals surface area contributed by atoms with Gasteiger partial charge in [-0.15, -0.1) is 0 Å². The number of rotatable bonds is 4. The molecule has 1 aromatic heterocycles. The van der Waals surface area contributed by atoms with E-state index in [-0.39, 0.29) is 11.1 Å². The summed E-state index contributed by atoms with van der Waals surface area (Å²) in [5.74, 6) is 0.666. The fourth-order valence-corrected chi connectivity index (χ4v) is 1.52. The van der Waals surface area contributed by atoms with Crippen molar-refractivity contribution in [2.45, 2.75) is 6.10 Å². The minimum atomic E-state index is 0.0563. The van der Waals surface area contributed by atoms with Crippen molar-refractivity contribution in [3.63, 3.8) is 0 Å². The van der Waals surface area contributed by atoms with Gasteiger partial charge in [0.05, 0.1) is 38.3 Å². The molecular formula is C10H14N4O2S. The summed E-state index contributed by atoms with van der Waals surface area (Å²) < 4.78 is 10.8. The molecular weight excluding hydrogens is 240 g/mol. The Kier molecular flexibility index (Phi) is 4.18. The van der Waals surface area contributed by atoms with Crippen molar-refractivity contribution in [2.24, 2.45) is 5.73 Å². The minimum absolute atomic E-state index is 0.0563. The highest BCUT2D eigenvalue weighted by Crippen LogP contribution is 2.04. The number of nitrogens with two attached hydrogens (primary N) is 1. The second-order valence-electron chi connectivity index (χ2n) is 3.60. The normalized spacial score (nSPS) is 19.9. The predicted molar refractivity (Wildman–Crippen MR) is 67.0 cm³/mol. The Bertz CT molecular complexity index is 378. The first kappa shape index (κ1) is 12.2. The Morgan fingerprint density at radius 2 is 2.35 bits per heavy atom. The van der Waals surface area contributed by atoms with Crippen LogP contribution < -0.4 is 11.1 Å². The number of hydrogen-bond acceptors (Lipinski definition) is 6. The minimum Gasteiger partial charge on any atom is -0.388 e. The molecule has 1 saturated heterocycles. The summed E-state index contributed by atoms with van der Waals surface area (Å²) in [6, 6.07) is 0. The summed E-state index contributed by atoms with van der Waals surface area (Å²) in [6.45, 7) is 2.55. The Morgan fingerprint density at radius 1 is 1.47 bits per heavy atom. The third-order valence-electron chi connectivity index (χ3n) is 2.30. The second kappa shape index (κ2) is 5.85. The summed E-state index contributed by atoms with van der Waals surface area (Å²) >= 11 is 4.79. The molecule has 2 rings (SSSR count). The molecule has 0 amide bonds. The first-order chi connectivity index (χ1) is 8.25. The highest BCUT2D eigenvalue weighted by atomic mass is 32.1. The quantitative estimate of drug-likeness (QED) is 0.728. The molecule has 17 heavy (non-hydrogen) atoms. The number of hydrogen-bond donors (Lipinski definition) is 2. The fourth-order valence-electron chi connectivity index (χ4n) is 1.42. The van der Waals surface area contributed by atoms with E-state index < -0.39 is 0 Å². The van der Waals surface area contributed by atoms with E-state index >= 15 is 0 Å². The lowest BCUT2D eigenvalue weighted by atomic mass is 10.3. The van der Waals surface area contributed by atoms with Gasteiger partial charge in [0.2, 0.25) is 0 Å². The van der Waals surface area contributed by atoms with Gasteiger partial charge in [-0.3, -0.25) is 0 Å². The lowest BCUT2D eigenvalue weighted by molar-refractivity contribution is -0.0819. The van der Waals surface area contributed by atoms with Crippen molar-refractivity contribution >= 4 is 23.0 Å². The lowest BCUT2D eigenvalue weighted by Gasteiger charge is -2.23. The van der Waals surface area contributed by atoms with Crippen molar-refractivity contribution in [2.75, 3.05) is 31.7 Å². The van der Waals surface area contributed by atoms with Gasteiger partial charge in [0.1, 0.15) is 16.5 Å². The third kappa shape index (κ3) is 3.58. The standard InChI is InChI=1S/C10H14N4O2S/c11-10(17)8-4-14-9(5-12-8)13-3-7-6-15-1-2-16-7/h4-5,7H,1-3,6H2,(H2,11,17)(H,13,14). The molecule has 3 N–H and O–H groups in total. The van der Waals surface area contributed by atoms with Gasteiger partial charge in [0, 0.05) is 6.54 Å². The maximum absolute atomic E-state index is 5.49. The average molecular weight is 254 g/mol. The van der Waals surface area contributed by atoms with Crippen LogP contribution in [-0.4, -0.2) is 47.4 Å². The van der Waals surface area contributed by atoms with Crippen molar-refractivity contribution in [1.29, 1.82) is 0 Å². The predicted octanol–water partition coefficient (Wildman–Crippen LogP) is -0.0619. The first-order valence-electron chi connectivity index (χ1n) is 5.31. The van der Waals surface area contributed by atoms with E-state index in [9.17, 15) is 0 Å². The molecule has 1 aliphatic rings. The molecule has 0 saturated carbocycles. The second-order valence-corrected chi connectivity index (χ2v) is 4.04. The largest absolute Gasteiger partial charge is 0.388 e. The number of thiocarbonyl (C=S) groups is 1. The van der Waals surface area contributed by atoms with Crippen LogP contribution in [-0.2, 0) is 9.47 Å². The van der Waals surface area contributed by atoms with Crippen molar-refractivity contribution < 1.29 is 9.47 Å². The SMILES string of the molecule is NC(=S)c1cnc(NCC2COCCO2)cn1. The van der Waals surface area contributed by atoms with Gasteiger partial charge < -0.3 is 20.5 Å². The van der Waals surface area contributed by atoms with Crippen molar-refractivity contribution in [3.05, 3.63) is 18.1 Å². The van der Waals surface area contributed by atoms with Crippen molar-refractivity contribution in [1.82, 2.24) is 9.97 Å². The molecule has 92 valence electrons. The molecule has 0 aromatic carbocycles. The van der Waals surface area contributed by atoms with Crippen LogP contribution in [0.4, 0.5) is 5.82 Å². The van der Waals surface area contributed by atoms with E-state index in [2.05, 4.69) is 15.3 Å². The maximum Gasteiger partial charge on any atom is 0.144 e. The first-order valence-corrected chi connectivity index (χ1v) is 5.71. The number of aromatic nitrogens is 2. The molecule has 6 nitrogen and oxygen atoms in total. The maximum atomic E-state index is 5.49. The molecule has 0 spiro atoms. The summed E-state index contributed by atoms with van der Waals surface area (Å²) in [5, 5.41) is 3.12. The van der Waals surface area contributed by atoms with Gasteiger partial charge in [-0.25, -0.2) is 9.97 Å². The molecule has 1 fully saturated rings. The summed E-state index contributed by atoms with van der Waals surface area (Å²) in [5.41, 5.74) is 5.94. The van der Waals surface area contributed by atoms with E-state index in [4.69, 9.17) is 27.4 Å². The van der Waals surface area contributed by atoms with Crippen LogP contribution in [0.25, 0.3) is 0 Å². The van der Waals surface area contributed by atoms with Crippen LogP contribution in [0, 0.1) is 0 Å². The summed E-state index contributed by atoms with van der Waals surface area (Å²) in [6.07, 6.45) is 3.20. The summed E-state index contributed by atoms with van der Waals surface area (Å²) in [7, 11) is 0. The zero-order chi connectivity index (χ0) is 12.1. The van der Waals surface area contributed by atoms with Crippen LogP contribution in [0.3, 0.4) is 0 Å². The molecule has 1 unspecified atom stereocenters. The van der Waals surface area contributed by atoms with E-state index in [0.717, 1.165) is 0 Å². The van der Waals surface area contributed by atoms with Gasteiger partial charge in [-0.1, -0.05) is 12.2 Å². The zero-order valence-corrected chi connectivity index (χ0v) is 10.1. The van der Waals surface area contributed by atoms with Gasteiger partial charge >= 0.3 is 0 Å². The highest BCUT2D eigenvalue weighted by Gasteiger charge is 2.13. The van der Waals surface area contributed by atoms with E-state index in [1.165, 1.54) is 0 Å². The number of anilines is 1. The number of nitrogens with zero attached hydrogens (tertiary/aromatic N) is 2. The molecule has 2 heterocycles. The molecule has 1 atom stereocenters. The van der Waals surface area contributed by atoms with E-state index in [1.807, 2.05) is 0 Å². The summed E-state index contributed by atoms with van der Waals surface area (Å²) in [4.78, 5) is 8.47. The Balaban J connectivity index is 1.84. The van der Waals surface area contributed by atoms with Crippen LogP contribution >= 0.6 is 12.2 Å². The van der Waals surface area contributed by atoms with Gasteiger partial charge in [-0.05, 0) is 0 Å². The van der Waals surface area contributed by atoms with Crippen molar-refractivity contribution in [3.8, 4) is 0 Å². The molecule has 7 heteroatoms. The molecule has 1 aromatic rings. The smallest absolute Gasteiger partial charge is 0.144 e. The fraction of sp³-hybridized carbons (Fsp3) is 0.500. The number of nitrogens with one attached hydrogen (secondary N) is 1. The topological polar surface area (TPSA) is 82.3 Å². The van der Waals surface area contributed by atoms with Gasteiger partial charge in [0.15, 0.2) is 0 Å². The number of ether oxygens (including phenoxy) is 2. The monoisotopic (exact) mass is 254 g/mol. The van der Waals surface area contributed by atoms with E-state index in [0.29, 0.717) is 37.9 Å². The molecule has 1 aliphatic heterocycles. The highest BCUT2D eigenvalue weighted by molar-refractivity contribution is 7.80. The lowest BCUT2D eigenvalue weighted by Crippen LogP contribution is -2.34. The van der Waals surface area contributed by atoms with Crippen LogP contribution in [0.1, 0.15) is 5.69 Å². The molecule has 0 aliphatic carbocycles. The average Bonchev–Trinajstić information content (AvgIpc) is 2.38. The Labute approximate surface area is 105 Å². The Hall–Kier alpha value is -1.31. The van der Waals surface area contributed by atoms with Gasteiger partial charge in [0.25, 0.3) is 0 Å². The van der Waals surface area contributed by atoms with Crippen LogP contribution in [0.15, 0.2) is 12.4 Å². The van der Waals surface area contributed by atoms with Crippen LogP contribution in [0.5, 0.6) is 0 Å². The Morgan fingerprint density at radius 3 is 2.94 bits per heavy atom. The molecule has 0 bridgehead atoms. The molecule has 0 radical (unpaired) electrons. The van der Waals surface area contributed by atoms with E-state index in [1.54, 1.807) is 12.4 Å². The zero-order valence-electron chi connectivity index (χ0n) is 9.26. The third-order valence-corrected chi connectivity index (χ3v) is 2.51. The van der Waals surface area contributed by atoms with Gasteiger partial charge in [-0.2, -0.15) is 0 Å². The van der Waals surface area contributed by atoms with Crippen LogP contribution in [0.2, 0.25) is 0 Å².